The molecule has 6 heteroatoms. The van der Waals surface area contributed by atoms with E-state index >= 15 is 0 Å². The Hall–Kier alpha value is -3.51. The van der Waals surface area contributed by atoms with E-state index in [1.165, 1.54) is 0 Å². The van der Waals surface area contributed by atoms with Crippen molar-refractivity contribution >= 4 is 0 Å². The second-order valence-electron chi connectivity index (χ2n) is 7.69. The van der Waals surface area contributed by atoms with Crippen molar-refractivity contribution < 1.29 is 0 Å². The van der Waals surface area contributed by atoms with Crippen LogP contribution in [0.4, 0.5) is 0 Å². The first kappa shape index (κ1) is 18.5. The number of aromatic amines is 1. The van der Waals surface area contributed by atoms with Crippen LogP contribution in [-0.4, -0.2) is 31.2 Å². The average Bonchev–Trinajstić information content (AvgIpc) is 3.19. The number of hydrogen-bond donors (Lipinski definition) is 1. The standard InChI is InChI=1S/C24H23N5O/c1-17-25-22-12-13-28(16-21(22)24(30)26-17)14-19-15-29(20-10-6-3-7-11-20)27-23(19)18-8-4-2-5-9-18/h2-11,15H,12-14,16H2,1H3,(H,25,26,30). The van der Waals surface area contributed by atoms with Crippen molar-refractivity contribution in [1.82, 2.24) is 24.6 Å². The minimum Gasteiger partial charge on any atom is -0.310 e. The fraction of sp³-hybridized carbons (Fsp3) is 0.208. The van der Waals surface area contributed by atoms with E-state index in [0.29, 0.717) is 12.4 Å². The van der Waals surface area contributed by atoms with Gasteiger partial charge in [0.25, 0.3) is 5.56 Å². The van der Waals surface area contributed by atoms with Crippen molar-refractivity contribution in [2.75, 3.05) is 6.54 Å². The SMILES string of the molecule is Cc1nc2c(c(=O)[nH]1)CN(Cc1cn(-c3ccccc3)nc1-c1ccccc1)CC2. The van der Waals surface area contributed by atoms with Gasteiger partial charge < -0.3 is 4.98 Å². The maximum atomic E-state index is 12.4. The quantitative estimate of drug-likeness (QED) is 0.572. The van der Waals surface area contributed by atoms with Crippen LogP contribution < -0.4 is 5.56 Å². The van der Waals surface area contributed by atoms with Crippen LogP contribution >= 0.6 is 0 Å². The summed E-state index contributed by atoms with van der Waals surface area (Å²) in [4.78, 5) is 22.1. The lowest BCUT2D eigenvalue weighted by atomic mass is 10.0. The minimum absolute atomic E-state index is 0.0227. The molecule has 30 heavy (non-hydrogen) atoms. The molecule has 3 heterocycles. The smallest absolute Gasteiger partial charge is 0.255 e. The summed E-state index contributed by atoms with van der Waals surface area (Å²) in [5.41, 5.74) is 5.92. The largest absolute Gasteiger partial charge is 0.310 e. The average molecular weight is 397 g/mol. The molecule has 1 N–H and O–H groups in total. The van der Waals surface area contributed by atoms with Crippen LogP contribution in [0.3, 0.4) is 0 Å². The summed E-state index contributed by atoms with van der Waals surface area (Å²) in [6.45, 7) is 4.03. The van der Waals surface area contributed by atoms with Gasteiger partial charge in [-0.05, 0) is 19.1 Å². The zero-order valence-electron chi connectivity index (χ0n) is 16.9. The van der Waals surface area contributed by atoms with Crippen molar-refractivity contribution in [2.24, 2.45) is 0 Å². The van der Waals surface area contributed by atoms with Gasteiger partial charge in [-0.15, -0.1) is 0 Å². The summed E-state index contributed by atoms with van der Waals surface area (Å²) >= 11 is 0. The van der Waals surface area contributed by atoms with E-state index in [1.807, 2.05) is 48.0 Å². The maximum Gasteiger partial charge on any atom is 0.255 e. The molecule has 0 radical (unpaired) electrons. The van der Waals surface area contributed by atoms with Gasteiger partial charge in [0.1, 0.15) is 5.82 Å². The van der Waals surface area contributed by atoms with Gasteiger partial charge in [0, 0.05) is 43.4 Å². The summed E-state index contributed by atoms with van der Waals surface area (Å²) in [5.74, 6) is 0.683. The number of nitrogens with one attached hydrogen (secondary N) is 1. The van der Waals surface area contributed by atoms with E-state index in [2.05, 4.69) is 45.3 Å². The van der Waals surface area contributed by atoms with E-state index in [0.717, 1.165) is 53.3 Å². The molecule has 0 aliphatic carbocycles. The second kappa shape index (κ2) is 7.72. The molecular formula is C24H23N5O. The molecule has 0 saturated carbocycles. The van der Waals surface area contributed by atoms with E-state index in [-0.39, 0.29) is 5.56 Å². The van der Waals surface area contributed by atoms with Gasteiger partial charge in [0.2, 0.25) is 0 Å². The maximum absolute atomic E-state index is 12.4. The van der Waals surface area contributed by atoms with E-state index in [9.17, 15) is 4.79 Å². The fourth-order valence-corrected chi connectivity index (χ4v) is 4.06. The Morgan fingerprint density at radius 3 is 2.53 bits per heavy atom. The number of benzene rings is 2. The predicted octanol–water partition coefficient (Wildman–Crippen LogP) is 3.49. The Morgan fingerprint density at radius 1 is 1.03 bits per heavy atom. The highest BCUT2D eigenvalue weighted by molar-refractivity contribution is 5.63. The van der Waals surface area contributed by atoms with Crippen LogP contribution in [0.2, 0.25) is 0 Å². The van der Waals surface area contributed by atoms with Gasteiger partial charge in [-0.2, -0.15) is 5.10 Å². The summed E-state index contributed by atoms with van der Waals surface area (Å²) < 4.78 is 1.94. The summed E-state index contributed by atoms with van der Waals surface area (Å²) in [6, 6.07) is 20.4. The van der Waals surface area contributed by atoms with Crippen LogP contribution in [0.15, 0.2) is 71.7 Å². The van der Waals surface area contributed by atoms with Crippen LogP contribution in [0, 0.1) is 6.92 Å². The minimum atomic E-state index is -0.0227. The summed E-state index contributed by atoms with van der Waals surface area (Å²) in [5, 5.41) is 4.90. The predicted molar refractivity (Wildman–Crippen MR) is 116 cm³/mol. The van der Waals surface area contributed by atoms with Gasteiger partial charge in [0.15, 0.2) is 0 Å². The number of H-pyrrole nitrogens is 1. The van der Waals surface area contributed by atoms with Crippen molar-refractivity contribution in [3.63, 3.8) is 0 Å². The molecule has 1 aliphatic rings. The Morgan fingerprint density at radius 2 is 1.77 bits per heavy atom. The van der Waals surface area contributed by atoms with Crippen LogP contribution in [0.25, 0.3) is 16.9 Å². The van der Waals surface area contributed by atoms with Crippen molar-refractivity contribution in [3.8, 4) is 16.9 Å². The molecule has 0 saturated heterocycles. The number of nitrogens with zero attached hydrogens (tertiary/aromatic N) is 4. The highest BCUT2D eigenvalue weighted by Crippen LogP contribution is 2.26. The molecule has 0 atom stereocenters. The second-order valence-corrected chi connectivity index (χ2v) is 7.69. The lowest BCUT2D eigenvalue weighted by Gasteiger charge is -2.27. The lowest BCUT2D eigenvalue weighted by Crippen LogP contribution is -2.35. The highest BCUT2D eigenvalue weighted by atomic mass is 16.1. The third-order valence-corrected chi connectivity index (χ3v) is 5.52. The first-order valence-electron chi connectivity index (χ1n) is 10.2. The normalized spacial score (nSPS) is 13.9. The zero-order chi connectivity index (χ0) is 20.5. The Labute approximate surface area is 174 Å². The van der Waals surface area contributed by atoms with Crippen molar-refractivity contribution in [2.45, 2.75) is 26.4 Å². The topological polar surface area (TPSA) is 66.8 Å². The molecule has 0 fully saturated rings. The molecule has 5 rings (SSSR count). The summed E-state index contributed by atoms with van der Waals surface area (Å²) in [6.07, 6.45) is 2.89. The van der Waals surface area contributed by atoms with Crippen LogP contribution in [0.5, 0.6) is 0 Å². The molecule has 4 aromatic rings. The monoisotopic (exact) mass is 397 g/mol. The molecule has 0 unspecified atom stereocenters. The van der Waals surface area contributed by atoms with Crippen molar-refractivity contribution in [3.05, 3.63) is 99.9 Å². The number of aryl methyl sites for hydroxylation is 1. The molecule has 6 nitrogen and oxygen atoms in total. The van der Waals surface area contributed by atoms with Gasteiger partial charge >= 0.3 is 0 Å². The first-order valence-corrected chi connectivity index (χ1v) is 10.2. The number of fused-ring (bicyclic) bond motifs is 1. The number of rotatable bonds is 4. The Balaban J connectivity index is 1.49. The summed E-state index contributed by atoms with van der Waals surface area (Å²) in [7, 11) is 0. The van der Waals surface area contributed by atoms with Gasteiger partial charge in [-0.1, -0.05) is 48.5 Å². The fourth-order valence-electron chi connectivity index (χ4n) is 4.06. The zero-order valence-corrected chi connectivity index (χ0v) is 16.9. The van der Waals surface area contributed by atoms with E-state index < -0.39 is 0 Å². The number of aromatic nitrogens is 4. The molecular weight excluding hydrogens is 374 g/mol. The number of para-hydroxylation sites is 1. The molecule has 150 valence electrons. The van der Waals surface area contributed by atoms with Crippen LogP contribution in [-0.2, 0) is 19.5 Å². The molecule has 0 spiro atoms. The lowest BCUT2D eigenvalue weighted by molar-refractivity contribution is 0.242. The van der Waals surface area contributed by atoms with Gasteiger partial charge in [-0.25, -0.2) is 9.67 Å². The molecule has 2 aromatic carbocycles. The van der Waals surface area contributed by atoms with Crippen LogP contribution in [0.1, 0.15) is 22.6 Å². The molecule has 2 aromatic heterocycles. The van der Waals surface area contributed by atoms with Gasteiger partial charge in [-0.3, -0.25) is 9.69 Å². The number of hydrogen-bond acceptors (Lipinski definition) is 4. The molecule has 1 aliphatic heterocycles. The first-order chi connectivity index (χ1) is 14.7. The Bertz CT molecular complexity index is 1230. The van der Waals surface area contributed by atoms with Gasteiger partial charge in [0.05, 0.1) is 22.6 Å². The van der Waals surface area contributed by atoms with Crippen molar-refractivity contribution in [1.29, 1.82) is 0 Å². The Kier molecular flexibility index (Phi) is 4.77. The molecule has 0 bridgehead atoms. The van der Waals surface area contributed by atoms with E-state index in [4.69, 9.17) is 5.10 Å². The molecule has 0 amide bonds. The third-order valence-electron chi connectivity index (χ3n) is 5.52. The third kappa shape index (κ3) is 3.57. The van der Waals surface area contributed by atoms with E-state index in [1.54, 1.807) is 0 Å². The highest BCUT2D eigenvalue weighted by Gasteiger charge is 2.23.